The van der Waals surface area contributed by atoms with E-state index in [1.165, 1.54) is 0 Å². The summed E-state index contributed by atoms with van der Waals surface area (Å²) in [6.07, 6.45) is 1.11. The molecular weight excluding hydrogens is 210 g/mol. The Labute approximate surface area is 96.3 Å². The molecule has 0 aliphatic rings. The van der Waals surface area contributed by atoms with E-state index < -0.39 is 0 Å². The Bertz CT molecular complexity index is 314. The van der Waals surface area contributed by atoms with Crippen molar-refractivity contribution < 1.29 is 0 Å². The van der Waals surface area contributed by atoms with Crippen molar-refractivity contribution in [2.24, 2.45) is 5.92 Å². The molecule has 1 aromatic rings. The van der Waals surface area contributed by atoms with Crippen molar-refractivity contribution in [1.29, 1.82) is 0 Å². The van der Waals surface area contributed by atoms with E-state index in [1.54, 1.807) is 0 Å². The van der Waals surface area contributed by atoms with Crippen LogP contribution < -0.4 is 5.32 Å². The zero-order valence-corrected chi connectivity index (χ0v) is 10.5. The van der Waals surface area contributed by atoms with E-state index in [0.29, 0.717) is 17.0 Å². The second-order valence-electron chi connectivity index (χ2n) is 4.16. The first kappa shape index (κ1) is 12.2. The molecule has 0 radical (unpaired) electrons. The number of rotatable bonds is 4. The summed E-state index contributed by atoms with van der Waals surface area (Å²) in [5.74, 6) is 1.31. The Balaban J connectivity index is 2.63. The smallest absolute Gasteiger partial charge is 0.224 e. The van der Waals surface area contributed by atoms with E-state index in [2.05, 4.69) is 29.1 Å². The highest BCUT2D eigenvalue weighted by Gasteiger charge is 2.05. The molecule has 0 aliphatic heterocycles. The Morgan fingerprint density at radius 1 is 1.27 bits per heavy atom. The van der Waals surface area contributed by atoms with E-state index in [9.17, 15) is 0 Å². The van der Waals surface area contributed by atoms with Crippen LogP contribution >= 0.6 is 11.6 Å². The molecule has 1 aromatic heterocycles. The van der Waals surface area contributed by atoms with E-state index in [4.69, 9.17) is 11.6 Å². The summed E-state index contributed by atoms with van der Waals surface area (Å²) in [5.41, 5.74) is 1.88. The molecule has 0 spiro atoms. The molecule has 1 N–H and O–H groups in total. The van der Waals surface area contributed by atoms with Crippen LogP contribution in [-0.2, 0) is 0 Å². The summed E-state index contributed by atoms with van der Waals surface area (Å²) >= 11 is 5.97. The fourth-order valence-electron chi connectivity index (χ4n) is 1.15. The summed E-state index contributed by atoms with van der Waals surface area (Å²) < 4.78 is 0. The summed E-state index contributed by atoms with van der Waals surface area (Å²) in [7, 11) is 0. The maximum atomic E-state index is 5.97. The lowest BCUT2D eigenvalue weighted by atomic mass is 10.1. The van der Waals surface area contributed by atoms with Crippen LogP contribution in [0.5, 0.6) is 0 Å². The average molecular weight is 228 g/mol. The monoisotopic (exact) mass is 227 g/mol. The maximum absolute atomic E-state index is 5.97. The van der Waals surface area contributed by atoms with Crippen molar-refractivity contribution in [2.45, 2.75) is 34.1 Å². The summed E-state index contributed by atoms with van der Waals surface area (Å²) in [4.78, 5) is 8.50. The number of aromatic nitrogens is 2. The number of nitrogens with one attached hydrogen (secondary N) is 1. The molecule has 0 unspecified atom stereocenters. The quantitative estimate of drug-likeness (QED) is 0.803. The number of hydrogen-bond acceptors (Lipinski definition) is 3. The molecule has 84 valence electrons. The molecule has 0 saturated carbocycles. The Kier molecular flexibility index (Phi) is 4.33. The van der Waals surface area contributed by atoms with E-state index in [1.807, 2.05) is 13.8 Å². The van der Waals surface area contributed by atoms with Crippen LogP contribution in [0.4, 0.5) is 5.95 Å². The van der Waals surface area contributed by atoms with Crippen LogP contribution in [0.3, 0.4) is 0 Å². The molecule has 0 saturated heterocycles. The van der Waals surface area contributed by atoms with Gasteiger partial charge in [0.1, 0.15) is 5.15 Å². The second kappa shape index (κ2) is 5.31. The molecule has 0 atom stereocenters. The van der Waals surface area contributed by atoms with E-state index in [-0.39, 0.29) is 0 Å². The van der Waals surface area contributed by atoms with E-state index >= 15 is 0 Å². The average Bonchev–Trinajstić information content (AvgIpc) is 2.13. The third-order valence-corrected chi connectivity index (χ3v) is 2.70. The zero-order chi connectivity index (χ0) is 11.4. The molecule has 0 aliphatic carbocycles. The molecule has 0 fully saturated rings. The number of halogens is 1. The van der Waals surface area contributed by atoms with Crippen molar-refractivity contribution in [3.05, 3.63) is 16.4 Å². The number of anilines is 1. The third-order valence-electron chi connectivity index (χ3n) is 2.33. The van der Waals surface area contributed by atoms with Gasteiger partial charge in [0.2, 0.25) is 5.95 Å². The topological polar surface area (TPSA) is 37.8 Å². The highest BCUT2D eigenvalue weighted by atomic mass is 35.5. The van der Waals surface area contributed by atoms with Gasteiger partial charge in [-0.1, -0.05) is 25.4 Å². The maximum Gasteiger partial charge on any atom is 0.224 e. The van der Waals surface area contributed by atoms with Gasteiger partial charge in [-0.3, -0.25) is 0 Å². The fraction of sp³-hybridized carbons (Fsp3) is 0.636. The lowest BCUT2D eigenvalue weighted by Crippen LogP contribution is -2.09. The largest absolute Gasteiger partial charge is 0.354 e. The Hall–Kier alpha value is -0.830. The number of hydrogen-bond donors (Lipinski definition) is 1. The normalized spacial score (nSPS) is 10.8. The SMILES string of the molecule is Cc1nc(NCCC(C)C)nc(Cl)c1C. The van der Waals surface area contributed by atoms with Gasteiger partial charge in [-0.15, -0.1) is 0 Å². The minimum Gasteiger partial charge on any atom is -0.354 e. The van der Waals surface area contributed by atoms with Crippen LogP contribution in [0.1, 0.15) is 31.5 Å². The standard InChI is InChI=1S/C11H18ClN3/c1-7(2)5-6-13-11-14-9(4)8(3)10(12)15-11/h7H,5-6H2,1-4H3,(H,13,14,15). The molecule has 15 heavy (non-hydrogen) atoms. The van der Waals surface area contributed by atoms with Gasteiger partial charge < -0.3 is 5.32 Å². The lowest BCUT2D eigenvalue weighted by molar-refractivity contribution is 0.605. The van der Waals surface area contributed by atoms with Gasteiger partial charge in [0.05, 0.1) is 0 Å². The summed E-state index contributed by atoms with van der Waals surface area (Å²) in [6, 6.07) is 0. The van der Waals surface area contributed by atoms with Crippen LogP contribution in [-0.4, -0.2) is 16.5 Å². The summed E-state index contributed by atoms with van der Waals surface area (Å²) in [6.45, 7) is 9.13. The minimum atomic E-state index is 0.537. The number of nitrogens with zero attached hydrogens (tertiary/aromatic N) is 2. The first-order valence-electron chi connectivity index (χ1n) is 5.25. The van der Waals surface area contributed by atoms with Gasteiger partial charge in [0.15, 0.2) is 0 Å². The molecule has 3 nitrogen and oxygen atoms in total. The molecule has 0 aromatic carbocycles. The zero-order valence-electron chi connectivity index (χ0n) is 9.76. The van der Waals surface area contributed by atoms with Crippen LogP contribution in [0.2, 0.25) is 5.15 Å². The van der Waals surface area contributed by atoms with Gasteiger partial charge in [0.25, 0.3) is 0 Å². The predicted octanol–water partition coefficient (Wildman–Crippen LogP) is 3.20. The molecule has 4 heteroatoms. The van der Waals surface area contributed by atoms with Crippen molar-refractivity contribution in [2.75, 3.05) is 11.9 Å². The first-order chi connectivity index (χ1) is 7.00. The Morgan fingerprint density at radius 3 is 2.47 bits per heavy atom. The van der Waals surface area contributed by atoms with Gasteiger partial charge in [0, 0.05) is 17.8 Å². The first-order valence-corrected chi connectivity index (χ1v) is 5.63. The molecule has 1 heterocycles. The fourth-order valence-corrected chi connectivity index (χ4v) is 1.36. The van der Waals surface area contributed by atoms with Crippen LogP contribution in [0, 0.1) is 19.8 Å². The lowest BCUT2D eigenvalue weighted by Gasteiger charge is -2.09. The highest BCUT2D eigenvalue weighted by molar-refractivity contribution is 6.30. The Morgan fingerprint density at radius 2 is 1.93 bits per heavy atom. The van der Waals surface area contributed by atoms with E-state index in [0.717, 1.165) is 24.2 Å². The molecule has 0 amide bonds. The van der Waals surface area contributed by atoms with Gasteiger partial charge in [-0.25, -0.2) is 9.97 Å². The molecule has 0 bridgehead atoms. The van der Waals surface area contributed by atoms with Crippen LogP contribution in [0.15, 0.2) is 0 Å². The predicted molar refractivity (Wildman–Crippen MR) is 64.5 cm³/mol. The van der Waals surface area contributed by atoms with Crippen molar-refractivity contribution in [3.63, 3.8) is 0 Å². The number of aryl methyl sites for hydroxylation is 1. The van der Waals surface area contributed by atoms with Gasteiger partial charge in [-0.2, -0.15) is 0 Å². The summed E-state index contributed by atoms with van der Waals surface area (Å²) in [5, 5.41) is 3.71. The molecular formula is C11H18ClN3. The van der Waals surface area contributed by atoms with Crippen molar-refractivity contribution in [3.8, 4) is 0 Å². The van der Waals surface area contributed by atoms with Crippen LogP contribution in [0.25, 0.3) is 0 Å². The molecule has 1 rings (SSSR count). The van der Waals surface area contributed by atoms with Crippen molar-refractivity contribution >= 4 is 17.5 Å². The van der Waals surface area contributed by atoms with Crippen molar-refractivity contribution in [1.82, 2.24) is 9.97 Å². The van der Waals surface area contributed by atoms with Gasteiger partial charge in [-0.05, 0) is 26.2 Å². The van der Waals surface area contributed by atoms with Gasteiger partial charge >= 0.3 is 0 Å². The second-order valence-corrected chi connectivity index (χ2v) is 4.52. The highest BCUT2D eigenvalue weighted by Crippen LogP contribution is 2.16. The minimum absolute atomic E-state index is 0.537. The third kappa shape index (κ3) is 3.67.